The fourth-order valence-electron chi connectivity index (χ4n) is 1.49. The van der Waals surface area contributed by atoms with Gasteiger partial charge in [0.2, 0.25) is 0 Å². The summed E-state index contributed by atoms with van der Waals surface area (Å²) in [5.74, 6) is 0. The van der Waals surface area contributed by atoms with Crippen LogP contribution in [-0.2, 0) is 19.4 Å². The van der Waals surface area contributed by atoms with E-state index >= 15 is 0 Å². The summed E-state index contributed by atoms with van der Waals surface area (Å²) in [6.07, 6.45) is 5.04. The van der Waals surface area contributed by atoms with Gasteiger partial charge in [-0.05, 0) is 25.7 Å². The highest BCUT2D eigenvalue weighted by Crippen LogP contribution is 2.26. The van der Waals surface area contributed by atoms with Crippen molar-refractivity contribution in [2.45, 2.75) is 32.2 Å². The molecular weight excluding hydrogens is 227 g/mol. The van der Waals surface area contributed by atoms with Gasteiger partial charge in [0.25, 0.3) is 0 Å². The summed E-state index contributed by atoms with van der Waals surface area (Å²) in [6, 6.07) is 0. The molecule has 1 aromatic rings. The van der Waals surface area contributed by atoms with Gasteiger partial charge >= 0.3 is 0 Å². The Bertz CT molecular complexity index is 239. The van der Waals surface area contributed by atoms with Crippen LogP contribution in [0, 0.1) is 0 Å². The molecule has 1 aromatic heterocycles. The Morgan fingerprint density at radius 3 is 2.54 bits per heavy atom. The molecule has 0 aromatic carbocycles. The van der Waals surface area contributed by atoms with Crippen molar-refractivity contribution in [3.05, 3.63) is 15.6 Å². The Hall–Kier alpha value is 0.170. The van der Waals surface area contributed by atoms with Crippen LogP contribution in [0.4, 0.5) is 0 Å². The first kappa shape index (κ1) is 13.2. The molecule has 76 valence electrons. The predicted molar refractivity (Wildman–Crippen MR) is 61.1 cm³/mol. The van der Waals surface area contributed by atoms with Crippen molar-refractivity contribution in [1.29, 1.82) is 0 Å². The molecule has 0 spiro atoms. The standard InChI is InChI=1S/C8H12N2S.2ClH/c9-5-8-10-6-3-1-2-4-7(6)11-8;;/h1-5,9H2;2*1H. The van der Waals surface area contributed by atoms with Crippen LogP contribution in [0.5, 0.6) is 0 Å². The molecule has 0 bridgehead atoms. The maximum atomic E-state index is 5.51. The van der Waals surface area contributed by atoms with Crippen molar-refractivity contribution >= 4 is 36.2 Å². The monoisotopic (exact) mass is 240 g/mol. The van der Waals surface area contributed by atoms with Crippen molar-refractivity contribution in [2.75, 3.05) is 0 Å². The van der Waals surface area contributed by atoms with Gasteiger partial charge in [-0.3, -0.25) is 0 Å². The minimum absolute atomic E-state index is 0. The third kappa shape index (κ3) is 2.81. The number of thiazole rings is 1. The molecule has 0 amide bonds. The second-order valence-corrected chi connectivity index (χ2v) is 4.06. The molecule has 0 saturated heterocycles. The van der Waals surface area contributed by atoms with Gasteiger partial charge in [0.1, 0.15) is 5.01 Å². The number of halogens is 2. The lowest BCUT2D eigenvalue weighted by molar-refractivity contribution is 0.680. The summed E-state index contributed by atoms with van der Waals surface area (Å²) in [6.45, 7) is 0.609. The van der Waals surface area contributed by atoms with E-state index in [0.717, 1.165) is 5.01 Å². The van der Waals surface area contributed by atoms with E-state index in [0.29, 0.717) is 6.54 Å². The molecule has 0 fully saturated rings. The van der Waals surface area contributed by atoms with E-state index in [2.05, 4.69) is 4.98 Å². The number of nitrogens with two attached hydrogens (primary N) is 1. The predicted octanol–water partition coefficient (Wildman–Crippen LogP) is 2.32. The van der Waals surface area contributed by atoms with Crippen molar-refractivity contribution in [2.24, 2.45) is 5.73 Å². The molecule has 0 atom stereocenters. The SMILES string of the molecule is Cl.Cl.NCc1nc2c(s1)CCCC2. The van der Waals surface area contributed by atoms with Gasteiger partial charge in [-0.15, -0.1) is 36.2 Å². The van der Waals surface area contributed by atoms with Crippen molar-refractivity contribution in [3.63, 3.8) is 0 Å². The van der Waals surface area contributed by atoms with Crippen LogP contribution in [-0.4, -0.2) is 4.98 Å². The van der Waals surface area contributed by atoms with E-state index in [9.17, 15) is 0 Å². The van der Waals surface area contributed by atoms with E-state index in [1.54, 1.807) is 11.3 Å². The van der Waals surface area contributed by atoms with E-state index in [4.69, 9.17) is 5.73 Å². The molecule has 1 aliphatic carbocycles. The molecule has 13 heavy (non-hydrogen) atoms. The Kier molecular flexibility index (Phi) is 5.88. The van der Waals surface area contributed by atoms with Crippen molar-refractivity contribution < 1.29 is 0 Å². The number of rotatable bonds is 1. The summed E-state index contributed by atoms with van der Waals surface area (Å²) in [4.78, 5) is 5.95. The van der Waals surface area contributed by atoms with Gasteiger partial charge in [0.15, 0.2) is 0 Å². The summed E-state index contributed by atoms with van der Waals surface area (Å²) in [5, 5.41) is 1.11. The van der Waals surface area contributed by atoms with Crippen LogP contribution < -0.4 is 5.73 Å². The van der Waals surface area contributed by atoms with Gasteiger partial charge in [0, 0.05) is 11.4 Å². The lowest BCUT2D eigenvalue weighted by Gasteiger charge is -2.06. The largest absolute Gasteiger partial charge is 0.325 e. The van der Waals surface area contributed by atoms with E-state index in [1.807, 2.05) is 0 Å². The van der Waals surface area contributed by atoms with Gasteiger partial charge in [-0.1, -0.05) is 0 Å². The highest BCUT2D eigenvalue weighted by Gasteiger charge is 2.13. The highest BCUT2D eigenvalue weighted by atomic mass is 35.5. The number of hydrogen-bond donors (Lipinski definition) is 1. The Morgan fingerprint density at radius 1 is 1.23 bits per heavy atom. The molecule has 5 heteroatoms. The van der Waals surface area contributed by atoms with Gasteiger partial charge in [-0.25, -0.2) is 4.98 Å². The number of hydrogen-bond acceptors (Lipinski definition) is 3. The zero-order chi connectivity index (χ0) is 7.68. The molecule has 2 N–H and O–H groups in total. The maximum Gasteiger partial charge on any atom is 0.107 e. The number of aryl methyl sites for hydroxylation is 2. The molecule has 0 aliphatic heterocycles. The Morgan fingerprint density at radius 2 is 1.92 bits per heavy atom. The molecule has 1 aliphatic rings. The van der Waals surface area contributed by atoms with E-state index in [-0.39, 0.29) is 24.8 Å². The summed E-state index contributed by atoms with van der Waals surface area (Å²) >= 11 is 1.80. The van der Waals surface area contributed by atoms with Crippen molar-refractivity contribution in [3.8, 4) is 0 Å². The third-order valence-electron chi connectivity index (χ3n) is 2.06. The quantitative estimate of drug-likeness (QED) is 0.819. The molecule has 2 rings (SSSR count). The number of aromatic nitrogens is 1. The van der Waals surface area contributed by atoms with Crippen LogP contribution in [0.2, 0.25) is 0 Å². The summed E-state index contributed by atoms with van der Waals surface area (Å²) in [7, 11) is 0. The maximum absolute atomic E-state index is 5.51. The van der Waals surface area contributed by atoms with E-state index in [1.165, 1.54) is 36.3 Å². The van der Waals surface area contributed by atoms with Crippen LogP contribution in [0.25, 0.3) is 0 Å². The molecule has 0 radical (unpaired) electrons. The number of nitrogens with zero attached hydrogens (tertiary/aromatic N) is 1. The first-order valence-electron chi connectivity index (χ1n) is 4.07. The van der Waals surface area contributed by atoms with Crippen LogP contribution in [0.1, 0.15) is 28.4 Å². The first-order chi connectivity index (χ1) is 5.40. The Balaban J connectivity index is 0.000000720. The summed E-state index contributed by atoms with van der Waals surface area (Å²) in [5.41, 5.74) is 6.83. The smallest absolute Gasteiger partial charge is 0.107 e. The number of fused-ring (bicyclic) bond motifs is 1. The highest BCUT2D eigenvalue weighted by molar-refractivity contribution is 7.11. The van der Waals surface area contributed by atoms with Gasteiger partial charge in [-0.2, -0.15) is 0 Å². The zero-order valence-electron chi connectivity index (χ0n) is 7.28. The topological polar surface area (TPSA) is 38.9 Å². The first-order valence-corrected chi connectivity index (χ1v) is 4.89. The van der Waals surface area contributed by atoms with Crippen LogP contribution in [0.3, 0.4) is 0 Å². The summed E-state index contributed by atoms with van der Waals surface area (Å²) < 4.78 is 0. The normalized spacial score (nSPS) is 13.9. The molecule has 2 nitrogen and oxygen atoms in total. The lowest BCUT2D eigenvalue weighted by atomic mass is 10.0. The molecule has 0 saturated carbocycles. The second-order valence-electron chi connectivity index (χ2n) is 2.89. The Labute approximate surface area is 94.8 Å². The minimum atomic E-state index is 0. The van der Waals surface area contributed by atoms with Crippen LogP contribution in [0.15, 0.2) is 0 Å². The minimum Gasteiger partial charge on any atom is -0.325 e. The third-order valence-corrected chi connectivity index (χ3v) is 3.24. The second kappa shape index (κ2) is 5.81. The fourth-order valence-corrected chi connectivity index (χ4v) is 2.53. The van der Waals surface area contributed by atoms with E-state index < -0.39 is 0 Å². The van der Waals surface area contributed by atoms with Gasteiger partial charge in [0.05, 0.1) is 5.69 Å². The fraction of sp³-hybridized carbons (Fsp3) is 0.625. The van der Waals surface area contributed by atoms with Crippen molar-refractivity contribution in [1.82, 2.24) is 4.98 Å². The average molecular weight is 241 g/mol. The molecule has 1 heterocycles. The zero-order valence-corrected chi connectivity index (χ0v) is 9.73. The molecular formula is C8H14Cl2N2S. The average Bonchev–Trinajstić information content (AvgIpc) is 2.46. The van der Waals surface area contributed by atoms with Crippen LogP contribution >= 0.6 is 36.2 Å². The lowest BCUT2D eigenvalue weighted by Crippen LogP contribution is -1.99. The van der Waals surface area contributed by atoms with Gasteiger partial charge < -0.3 is 5.73 Å². The molecule has 0 unspecified atom stereocenters.